The maximum Gasteiger partial charge on any atom is 0.389 e. The van der Waals surface area contributed by atoms with Gasteiger partial charge in [0.05, 0.1) is 6.61 Å². The van der Waals surface area contributed by atoms with Gasteiger partial charge in [-0.05, 0) is 12.8 Å². The van der Waals surface area contributed by atoms with Crippen LogP contribution in [0, 0.1) is 0 Å². The van der Waals surface area contributed by atoms with Crippen molar-refractivity contribution in [1.29, 1.82) is 0 Å². The summed E-state index contributed by atoms with van der Waals surface area (Å²) >= 11 is 0. The molecule has 8 nitrogen and oxygen atoms in total. The van der Waals surface area contributed by atoms with E-state index in [1.165, 1.54) is 0 Å². The third-order valence-corrected chi connectivity index (χ3v) is 3.76. The number of hydrogen-bond donors (Lipinski definition) is 4. The summed E-state index contributed by atoms with van der Waals surface area (Å²) < 4.78 is 42.7. The highest BCUT2D eigenvalue weighted by Crippen LogP contribution is 2.29. The number of ether oxygens (including phenoxy) is 1. The first-order valence-corrected chi connectivity index (χ1v) is 7.21. The molecule has 1 saturated heterocycles. The molecule has 0 amide bonds. The van der Waals surface area contributed by atoms with Crippen molar-refractivity contribution in [3.05, 3.63) is 22.2 Å². The Hall–Kier alpha value is -1.69. The molecular weight excluding hydrogens is 335 g/mol. The highest BCUT2D eigenvalue weighted by atomic mass is 19.4. The smallest absolute Gasteiger partial charge is 0.389 e. The molecule has 1 fully saturated rings. The minimum absolute atomic E-state index is 0.0760. The molecule has 0 bridgehead atoms. The normalized spacial score (nSPS) is 27.6. The van der Waals surface area contributed by atoms with Gasteiger partial charge in [-0.2, -0.15) is 18.2 Å². The number of aryl methyl sites for hydroxylation is 1. The molecule has 0 unspecified atom stereocenters. The summed E-state index contributed by atoms with van der Waals surface area (Å²) in [6.07, 6.45) is -9.83. The number of rotatable bonds is 5. The highest BCUT2D eigenvalue weighted by molar-refractivity contribution is 5.36. The number of aliphatic hydroxyl groups excluding tert-OH is 3. The Balaban J connectivity index is 2.22. The Labute approximate surface area is 134 Å². The lowest BCUT2D eigenvalue weighted by atomic mass is 10.1. The van der Waals surface area contributed by atoms with Gasteiger partial charge in [0.15, 0.2) is 6.23 Å². The minimum atomic E-state index is -4.31. The van der Waals surface area contributed by atoms with Gasteiger partial charge in [0.1, 0.15) is 24.1 Å². The number of aromatic nitrogens is 2. The average Bonchev–Trinajstić information content (AvgIpc) is 2.76. The molecule has 5 N–H and O–H groups in total. The zero-order valence-corrected chi connectivity index (χ0v) is 12.5. The number of halogens is 3. The van der Waals surface area contributed by atoms with Gasteiger partial charge in [-0.25, -0.2) is 4.79 Å². The fraction of sp³-hybridized carbons (Fsp3) is 0.692. The van der Waals surface area contributed by atoms with Crippen molar-refractivity contribution in [2.24, 2.45) is 0 Å². The molecule has 136 valence electrons. The third kappa shape index (κ3) is 4.04. The lowest BCUT2D eigenvalue weighted by molar-refractivity contribution is -0.135. The highest BCUT2D eigenvalue weighted by Gasteiger charge is 2.43. The van der Waals surface area contributed by atoms with Crippen LogP contribution in [0.1, 0.15) is 24.6 Å². The number of nitrogen functional groups attached to an aromatic ring is 1. The molecule has 0 saturated carbocycles. The lowest BCUT2D eigenvalue weighted by Crippen LogP contribution is -2.36. The summed E-state index contributed by atoms with van der Waals surface area (Å²) in [5.41, 5.74) is 4.86. The second-order valence-electron chi connectivity index (χ2n) is 5.54. The lowest BCUT2D eigenvalue weighted by Gasteiger charge is -2.18. The van der Waals surface area contributed by atoms with Crippen molar-refractivity contribution in [1.82, 2.24) is 9.55 Å². The monoisotopic (exact) mass is 353 g/mol. The van der Waals surface area contributed by atoms with Crippen molar-refractivity contribution in [2.75, 3.05) is 12.3 Å². The molecule has 4 atom stereocenters. The van der Waals surface area contributed by atoms with E-state index < -0.39 is 49.4 Å². The first kappa shape index (κ1) is 18.6. The topological polar surface area (TPSA) is 131 Å². The molecule has 1 aromatic heterocycles. The van der Waals surface area contributed by atoms with Gasteiger partial charge in [0, 0.05) is 18.2 Å². The van der Waals surface area contributed by atoms with Gasteiger partial charge >= 0.3 is 11.9 Å². The number of aliphatic hydroxyl groups is 3. The van der Waals surface area contributed by atoms with E-state index in [4.69, 9.17) is 15.6 Å². The fourth-order valence-corrected chi connectivity index (χ4v) is 2.49. The average molecular weight is 353 g/mol. The summed E-state index contributed by atoms with van der Waals surface area (Å²) in [5.74, 6) is -0.204. The molecule has 2 heterocycles. The zero-order chi connectivity index (χ0) is 18.1. The zero-order valence-electron chi connectivity index (χ0n) is 12.5. The number of hydrogen-bond acceptors (Lipinski definition) is 7. The second kappa shape index (κ2) is 7.05. The summed E-state index contributed by atoms with van der Waals surface area (Å²) in [4.78, 5) is 15.4. The van der Waals surface area contributed by atoms with Crippen molar-refractivity contribution in [3.63, 3.8) is 0 Å². The Morgan fingerprint density at radius 3 is 2.54 bits per heavy atom. The Morgan fingerprint density at radius 1 is 1.33 bits per heavy atom. The van der Waals surface area contributed by atoms with Crippen LogP contribution in [0.25, 0.3) is 0 Å². The first-order valence-electron chi connectivity index (χ1n) is 7.21. The van der Waals surface area contributed by atoms with Gasteiger partial charge in [0.25, 0.3) is 0 Å². The summed E-state index contributed by atoms with van der Waals surface area (Å²) in [6, 6.07) is 0. The van der Waals surface area contributed by atoms with E-state index in [0.29, 0.717) is 0 Å². The Kier molecular flexibility index (Phi) is 5.48. The van der Waals surface area contributed by atoms with Crippen LogP contribution in [-0.2, 0) is 11.2 Å². The van der Waals surface area contributed by atoms with E-state index in [1.54, 1.807) is 0 Å². The number of anilines is 1. The second-order valence-corrected chi connectivity index (χ2v) is 5.54. The SMILES string of the molecule is Nc1nc(=O)n([C@@H]2O[C@H](CO)[C@@H](O)[C@@H]2O)cc1CCCC(F)(F)F. The van der Waals surface area contributed by atoms with E-state index in [-0.39, 0.29) is 24.2 Å². The van der Waals surface area contributed by atoms with E-state index >= 15 is 0 Å². The van der Waals surface area contributed by atoms with Gasteiger partial charge in [-0.1, -0.05) is 0 Å². The van der Waals surface area contributed by atoms with E-state index in [1.807, 2.05) is 0 Å². The van der Waals surface area contributed by atoms with Crippen LogP contribution in [0.3, 0.4) is 0 Å². The molecule has 0 aromatic carbocycles. The van der Waals surface area contributed by atoms with Crippen molar-refractivity contribution in [3.8, 4) is 0 Å². The van der Waals surface area contributed by atoms with Crippen LogP contribution in [-0.4, -0.2) is 56.0 Å². The molecule has 0 radical (unpaired) electrons. The molecule has 1 aromatic rings. The van der Waals surface area contributed by atoms with E-state index in [2.05, 4.69) is 4.98 Å². The van der Waals surface area contributed by atoms with Gasteiger partial charge in [0.2, 0.25) is 0 Å². The summed E-state index contributed by atoms with van der Waals surface area (Å²) in [7, 11) is 0. The fourth-order valence-electron chi connectivity index (χ4n) is 2.49. The maximum atomic E-state index is 12.2. The molecule has 1 aliphatic rings. The largest absolute Gasteiger partial charge is 0.394 e. The third-order valence-electron chi connectivity index (χ3n) is 3.76. The molecule has 0 spiro atoms. The maximum absolute atomic E-state index is 12.2. The Morgan fingerprint density at radius 2 is 2.00 bits per heavy atom. The van der Waals surface area contributed by atoms with Crippen LogP contribution < -0.4 is 11.4 Å². The van der Waals surface area contributed by atoms with E-state index in [0.717, 1.165) is 10.8 Å². The molecule has 1 aliphatic heterocycles. The van der Waals surface area contributed by atoms with Crippen molar-refractivity contribution < 1.29 is 33.2 Å². The van der Waals surface area contributed by atoms with Gasteiger partial charge in [-0.3, -0.25) is 4.57 Å². The van der Waals surface area contributed by atoms with Crippen LogP contribution in [0.5, 0.6) is 0 Å². The van der Waals surface area contributed by atoms with Gasteiger partial charge < -0.3 is 25.8 Å². The quantitative estimate of drug-likeness (QED) is 0.552. The first-order chi connectivity index (χ1) is 11.1. The van der Waals surface area contributed by atoms with Crippen LogP contribution in [0.15, 0.2) is 11.0 Å². The number of nitrogens with zero attached hydrogens (tertiary/aromatic N) is 2. The molecular formula is C13H18F3N3O5. The minimum Gasteiger partial charge on any atom is -0.394 e. The van der Waals surface area contributed by atoms with Crippen LogP contribution in [0.2, 0.25) is 0 Å². The molecule has 11 heteroatoms. The standard InChI is InChI=1S/C13H18F3N3O5/c14-13(15,16)3-1-2-6-4-19(12(23)18-10(6)17)11-9(22)8(21)7(5-20)24-11/h4,7-9,11,20-22H,1-3,5H2,(H2,17,18,23)/t7-,8-,9+,11-/m1/s1. The molecule has 24 heavy (non-hydrogen) atoms. The predicted molar refractivity (Wildman–Crippen MR) is 74.9 cm³/mol. The molecule has 2 rings (SSSR count). The van der Waals surface area contributed by atoms with Crippen molar-refractivity contribution in [2.45, 2.75) is 50.0 Å². The van der Waals surface area contributed by atoms with E-state index in [9.17, 15) is 28.2 Å². The number of alkyl halides is 3. The number of nitrogens with two attached hydrogens (primary N) is 1. The molecule has 0 aliphatic carbocycles. The van der Waals surface area contributed by atoms with Crippen LogP contribution in [0.4, 0.5) is 19.0 Å². The summed E-state index contributed by atoms with van der Waals surface area (Å²) in [6.45, 7) is -0.579. The van der Waals surface area contributed by atoms with Crippen LogP contribution >= 0.6 is 0 Å². The predicted octanol–water partition coefficient (Wildman–Crippen LogP) is -0.678. The van der Waals surface area contributed by atoms with Crippen molar-refractivity contribution >= 4 is 5.82 Å². The summed E-state index contributed by atoms with van der Waals surface area (Å²) in [5, 5.41) is 28.7. The Bertz CT molecular complexity index is 636. The van der Waals surface area contributed by atoms with Gasteiger partial charge in [-0.15, -0.1) is 0 Å².